The second-order valence-corrected chi connectivity index (χ2v) is 2.37. The molecule has 1 rings (SSSR count). The molecule has 1 amide bonds. The smallest absolute Gasteiger partial charge is 0.512 e. The Kier molecular flexibility index (Phi) is 6.18. The molecule has 76 valence electrons. The van der Waals surface area contributed by atoms with Crippen LogP contribution in [-0.4, -0.2) is 23.3 Å². The van der Waals surface area contributed by atoms with Crippen LogP contribution in [0.5, 0.6) is 5.75 Å². The van der Waals surface area contributed by atoms with E-state index in [0.29, 0.717) is 5.75 Å². The molecule has 1 aromatic rings. The van der Waals surface area contributed by atoms with Crippen molar-refractivity contribution in [2.75, 3.05) is 0 Å². The molecule has 4 N–H and O–H groups in total. The number of hydrogen-bond acceptors (Lipinski definition) is 4. The Morgan fingerprint density at radius 1 is 1.36 bits per heavy atom. The quantitative estimate of drug-likeness (QED) is 0.558. The lowest BCUT2D eigenvalue weighted by Gasteiger charge is -2.01. The number of amides is 1. The molecule has 0 saturated heterocycles. The summed E-state index contributed by atoms with van der Waals surface area (Å²) in [5.41, 5.74) is 4.47. The van der Waals surface area contributed by atoms with E-state index in [1.807, 2.05) is 6.07 Å². The van der Waals surface area contributed by atoms with Crippen molar-refractivity contribution in [2.45, 2.75) is 6.92 Å². The summed E-state index contributed by atoms with van der Waals surface area (Å²) in [7, 11) is -1.73. The van der Waals surface area contributed by atoms with Crippen LogP contribution in [0.25, 0.3) is 0 Å². The van der Waals surface area contributed by atoms with Crippen LogP contribution < -0.4 is 10.4 Å². The zero-order chi connectivity index (χ0) is 11.0. The zero-order valence-corrected chi connectivity index (χ0v) is 7.75. The van der Waals surface area contributed by atoms with Crippen LogP contribution in [0, 0.1) is 0 Å². The summed E-state index contributed by atoms with van der Waals surface area (Å²) in [5, 5.41) is 16.7. The molecule has 0 aliphatic carbocycles. The summed E-state index contributed by atoms with van der Waals surface area (Å²) in [5.74, 6) is 0.109. The van der Waals surface area contributed by atoms with Crippen LogP contribution >= 0.6 is 0 Å². The molecule has 1 aromatic carbocycles. The van der Waals surface area contributed by atoms with Crippen molar-refractivity contribution < 1.29 is 19.5 Å². The van der Waals surface area contributed by atoms with Gasteiger partial charge in [-0.1, -0.05) is 18.2 Å². The lowest BCUT2D eigenvalue weighted by Crippen LogP contribution is -2.20. The SMILES string of the molecule is CC(N)=O.OB(O)Oc1ccccc1. The van der Waals surface area contributed by atoms with E-state index in [-0.39, 0.29) is 5.91 Å². The molecule has 6 heteroatoms. The number of primary amides is 1. The number of hydrogen-bond donors (Lipinski definition) is 3. The van der Waals surface area contributed by atoms with Gasteiger partial charge in [-0.25, -0.2) is 0 Å². The van der Waals surface area contributed by atoms with Crippen molar-refractivity contribution in [3.63, 3.8) is 0 Å². The van der Waals surface area contributed by atoms with Gasteiger partial charge in [-0.2, -0.15) is 0 Å². The van der Waals surface area contributed by atoms with Gasteiger partial charge in [0.15, 0.2) is 0 Å². The standard InChI is InChI=1S/C6H7BO3.C2H5NO/c8-7(9)10-6-4-2-1-3-5-6;1-2(3)4/h1-5,8-9H;1H3,(H2,3,4). The Morgan fingerprint density at radius 2 is 1.79 bits per heavy atom. The third kappa shape index (κ3) is 8.57. The lowest BCUT2D eigenvalue weighted by molar-refractivity contribution is -0.115. The average molecular weight is 197 g/mol. The highest BCUT2D eigenvalue weighted by molar-refractivity contribution is 6.33. The van der Waals surface area contributed by atoms with E-state index in [1.54, 1.807) is 24.3 Å². The number of nitrogens with two attached hydrogens (primary N) is 1. The van der Waals surface area contributed by atoms with Crippen molar-refractivity contribution in [2.24, 2.45) is 5.73 Å². The van der Waals surface area contributed by atoms with Crippen molar-refractivity contribution in [3.05, 3.63) is 30.3 Å². The third-order valence-corrected chi connectivity index (χ3v) is 0.985. The molecule has 0 fully saturated rings. The maximum atomic E-state index is 9.22. The monoisotopic (exact) mass is 197 g/mol. The minimum absolute atomic E-state index is 0.333. The van der Waals surface area contributed by atoms with Crippen LogP contribution in [0.15, 0.2) is 30.3 Å². The topological polar surface area (TPSA) is 92.8 Å². The first-order valence-corrected chi connectivity index (χ1v) is 3.86. The van der Waals surface area contributed by atoms with Crippen molar-refractivity contribution in [1.82, 2.24) is 0 Å². The van der Waals surface area contributed by atoms with Crippen molar-refractivity contribution in [3.8, 4) is 5.75 Å². The van der Waals surface area contributed by atoms with E-state index in [0.717, 1.165) is 0 Å². The summed E-state index contributed by atoms with van der Waals surface area (Å²) < 4.78 is 4.53. The first-order chi connectivity index (χ1) is 6.52. The first-order valence-electron chi connectivity index (χ1n) is 3.86. The fraction of sp³-hybridized carbons (Fsp3) is 0.125. The average Bonchev–Trinajstić information content (AvgIpc) is 2.03. The van der Waals surface area contributed by atoms with Crippen LogP contribution in [0.2, 0.25) is 0 Å². The van der Waals surface area contributed by atoms with Gasteiger partial charge in [0.25, 0.3) is 0 Å². The Bertz CT molecular complexity index is 261. The fourth-order valence-electron chi connectivity index (χ4n) is 0.621. The number of carbonyl (C=O) groups is 1. The summed E-state index contributed by atoms with van der Waals surface area (Å²) in [6.45, 7) is 1.31. The molecule has 0 radical (unpaired) electrons. The van der Waals surface area contributed by atoms with Crippen LogP contribution in [-0.2, 0) is 4.79 Å². The van der Waals surface area contributed by atoms with Gasteiger partial charge in [0.05, 0.1) is 0 Å². The predicted octanol–water partition coefficient (Wildman–Crippen LogP) is -0.474. The first kappa shape index (κ1) is 12.5. The molecule has 0 bridgehead atoms. The van der Waals surface area contributed by atoms with E-state index in [4.69, 9.17) is 10.0 Å². The van der Waals surface area contributed by atoms with Crippen LogP contribution in [0.1, 0.15) is 6.92 Å². The zero-order valence-electron chi connectivity index (χ0n) is 7.75. The maximum absolute atomic E-state index is 9.22. The largest absolute Gasteiger partial charge is 0.707 e. The summed E-state index contributed by atoms with van der Waals surface area (Å²) in [6.07, 6.45) is 0. The highest BCUT2D eigenvalue weighted by Gasteiger charge is 2.09. The van der Waals surface area contributed by atoms with Gasteiger partial charge < -0.3 is 20.4 Å². The molecule has 0 aliphatic rings. The number of para-hydroxylation sites is 1. The molecular weight excluding hydrogens is 185 g/mol. The van der Waals surface area contributed by atoms with E-state index in [1.165, 1.54) is 6.92 Å². The number of rotatable bonds is 2. The van der Waals surface area contributed by atoms with Gasteiger partial charge in [0.1, 0.15) is 5.75 Å². The van der Waals surface area contributed by atoms with Gasteiger partial charge in [-0.15, -0.1) is 0 Å². The van der Waals surface area contributed by atoms with Crippen LogP contribution in [0.4, 0.5) is 0 Å². The van der Waals surface area contributed by atoms with Gasteiger partial charge in [0.2, 0.25) is 5.91 Å². The summed E-state index contributed by atoms with van der Waals surface area (Å²) >= 11 is 0. The highest BCUT2D eigenvalue weighted by Crippen LogP contribution is 2.07. The molecule has 0 atom stereocenters. The maximum Gasteiger partial charge on any atom is 0.707 e. The van der Waals surface area contributed by atoms with E-state index in [9.17, 15) is 4.79 Å². The Morgan fingerprint density at radius 3 is 2.14 bits per heavy atom. The van der Waals surface area contributed by atoms with Crippen molar-refractivity contribution >= 4 is 13.2 Å². The summed E-state index contributed by atoms with van der Waals surface area (Å²) in [4.78, 5) is 9.22. The molecule has 0 spiro atoms. The third-order valence-electron chi connectivity index (χ3n) is 0.985. The highest BCUT2D eigenvalue weighted by atomic mass is 16.6. The van der Waals surface area contributed by atoms with Gasteiger partial charge >= 0.3 is 7.32 Å². The molecule has 14 heavy (non-hydrogen) atoms. The van der Waals surface area contributed by atoms with Crippen molar-refractivity contribution in [1.29, 1.82) is 0 Å². The molecule has 0 aromatic heterocycles. The van der Waals surface area contributed by atoms with Gasteiger partial charge in [0, 0.05) is 6.92 Å². The lowest BCUT2D eigenvalue weighted by atomic mass is 10.2. The van der Waals surface area contributed by atoms with Crippen LogP contribution in [0.3, 0.4) is 0 Å². The molecule has 0 aliphatic heterocycles. The Hall–Kier alpha value is -1.53. The molecule has 0 unspecified atom stereocenters. The molecule has 0 saturated carbocycles. The second-order valence-electron chi connectivity index (χ2n) is 2.37. The van der Waals surface area contributed by atoms with Gasteiger partial charge in [-0.3, -0.25) is 4.79 Å². The number of carbonyl (C=O) groups excluding carboxylic acids is 1. The molecular formula is C8H12BNO4. The van der Waals surface area contributed by atoms with E-state index in [2.05, 4.69) is 10.4 Å². The molecule has 5 nitrogen and oxygen atoms in total. The van der Waals surface area contributed by atoms with Gasteiger partial charge in [-0.05, 0) is 12.1 Å². The van der Waals surface area contributed by atoms with E-state index < -0.39 is 7.32 Å². The fourth-order valence-corrected chi connectivity index (χ4v) is 0.621. The normalized spacial score (nSPS) is 8.21. The van der Waals surface area contributed by atoms with E-state index >= 15 is 0 Å². The number of benzene rings is 1. The minimum atomic E-state index is -1.73. The minimum Gasteiger partial charge on any atom is -0.512 e. The Labute approximate surface area is 82.3 Å². The second kappa shape index (κ2) is 6.93. The molecule has 0 heterocycles. The predicted molar refractivity (Wildman–Crippen MR) is 52.1 cm³/mol. The Balaban J connectivity index is 0.000000364. The summed E-state index contributed by atoms with van der Waals surface area (Å²) in [6, 6.07) is 8.59.